The minimum absolute atomic E-state index is 0.175. The van der Waals surface area contributed by atoms with Gasteiger partial charge in [-0.2, -0.15) is 15.6 Å². The largest absolute Gasteiger partial charge is 0.260 e. The van der Waals surface area contributed by atoms with E-state index in [-0.39, 0.29) is 18.8 Å². The van der Waals surface area contributed by atoms with Crippen molar-refractivity contribution in [2.24, 2.45) is 0 Å². The maximum atomic E-state index is 13.4. The van der Waals surface area contributed by atoms with Crippen molar-refractivity contribution in [1.29, 1.82) is 0 Å². The van der Waals surface area contributed by atoms with E-state index in [1.807, 2.05) is 22.9 Å². The Morgan fingerprint density at radius 3 is 2.60 bits per heavy atom. The molecule has 0 aliphatic heterocycles. The van der Waals surface area contributed by atoms with E-state index in [0.29, 0.717) is 11.3 Å². The van der Waals surface area contributed by atoms with Gasteiger partial charge in [0.2, 0.25) is 10.0 Å². The highest BCUT2D eigenvalue weighted by Gasteiger charge is 2.24. The maximum Gasteiger partial charge on any atom is 0.218 e. The molecule has 0 radical (unpaired) electrons. The second-order valence-corrected chi connectivity index (χ2v) is 8.36. The standard InChI is InChI=1S/C18H17FN2O2S2/c19-17-5-3-4-15(10-17)14-25(22,23)21(11-16-7-9-24-13-16)12-18-6-1-2-8-20-18/h1-10,13H,11-12,14H2. The van der Waals surface area contributed by atoms with Crippen LogP contribution in [0.15, 0.2) is 65.5 Å². The van der Waals surface area contributed by atoms with Gasteiger partial charge in [0.25, 0.3) is 0 Å². The summed E-state index contributed by atoms with van der Waals surface area (Å²) in [6, 6.07) is 13.0. The first kappa shape index (κ1) is 17.7. The fraction of sp³-hybridized carbons (Fsp3) is 0.167. The Balaban J connectivity index is 1.86. The number of sulfonamides is 1. The molecule has 0 atom stereocenters. The molecule has 0 bridgehead atoms. The second-order valence-electron chi connectivity index (χ2n) is 5.61. The van der Waals surface area contributed by atoms with E-state index >= 15 is 0 Å². The number of hydrogen-bond acceptors (Lipinski definition) is 4. The number of hydrogen-bond donors (Lipinski definition) is 0. The third-order valence-corrected chi connectivity index (χ3v) is 6.11. The van der Waals surface area contributed by atoms with Gasteiger partial charge in [-0.3, -0.25) is 4.98 Å². The Morgan fingerprint density at radius 2 is 1.92 bits per heavy atom. The molecule has 2 aromatic heterocycles. The van der Waals surface area contributed by atoms with Gasteiger partial charge < -0.3 is 0 Å². The number of thiophene rings is 1. The van der Waals surface area contributed by atoms with E-state index in [9.17, 15) is 12.8 Å². The SMILES string of the molecule is O=S(=O)(Cc1cccc(F)c1)N(Cc1ccsc1)Cc1ccccn1. The van der Waals surface area contributed by atoms with Crippen LogP contribution in [0.5, 0.6) is 0 Å². The maximum absolute atomic E-state index is 13.4. The summed E-state index contributed by atoms with van der Waals surface area (Å²) in [5.74, 6) is -0.691. The summed E-state index contributed by atoms with van der Waals surface area (Å²) in [5, 5.41) is 3.83. The molecule has 0 aliphatic rings. The number of nitrogens with zero attached hydrogens (tertiary/aromatic N) is 2. The van der Waals surface area contributed by atoms with Crippen molar-refractivity contribution >= 4 is 21.4 Å². The lowest BCUT2D eigenvalue weighted by Gasteiger charge is -2.21. The van der Waals surface area contributed by atoms with Crippen molar-refractivity contribution in [2.45, 2.75) is 18.8 Å². The molecule has 0 N–H and O–H groups in total. The summed E-state index contributed by atoms with van der Waals surface area (Å²) < 4.78 is 40.6. The third-order valence-electron chi connectivity index (χ3n) is 3.64. The van der Waals surface area contributed by atoms with Gasteiger partial charge in [-0.1, -0.05) is 18.2 Å². The van der Waals surface area contributed by atoms with Crippen molar-refractivity contribution in [3.63, 3.8) is 0 Å². The number of halogens is 1. The highest BCUT2D eigenvalue weighted by molar-refractivity contribution is 7.88. The third kappa shape index (κ3) is 4.94. The highest BCUT2D eigenvalue weighted by atomic mass is 32.2. The molecule has 7 heteroatoms. The molecule has 0 fully saturated rings. The molecule has 0 unspecified atom stereocenters. The fourth-order valence-electron chi connectivity index (χ4n) is 2.44. The Morgan fingerprint density at radius 1 is 1.04 bits per heavy atom. The smallest absolute Gasteiger partial charge is 0.218 e. The molecule has 130 valence electrons. The van der Waals surface area contributed by atoms with E-state index < -0.39 is 15.8 Å². The van der Waals surface area contributed by atoms with Crippen molar-refractivity contribution in [1.82, 2.24) is 9.29 Å². The summed E-state index contributed by atoms with van der Waals surface area (Å²) in [6.07, 6.45) is 1.64. The summed E-state index contributed by atoms with van der Waals surface area (Å²) in [4.78, 5) is 4.22. The van der Waals surface area contributed by atoms with Crippen LogP contribution in [-0.2, 0) is 28.9 Å². The lowest BCUT2D eigenvalue weighted by atomic mass is 10.2. The molecule has 4 nitrogen and oxygen atoms in total. The average molecular weight is 376 g/mol. The van der Waals surface area contributed by atoms with Gasteiger partial charge in [-0.15, -0.1) is 0 Å². The Kier molecular flexibility index (Phi) is 5.57. The molecular weight excluding hydrogens is 359 g/mol. The Bertz CT molecular complexity index is 913. The van der Waals surface area contributed by atoms with E-state index in [2.05, 4.69) is 4.98 Å². The molecule has 0 amide bonds. The molecule has 0 spiro atoms. The van der Waals surface area contributed by atoms with Gasteiger partial charge in [-0.05, 0) is 52.2 Å². The van der Waals surface area contributed by atoms with Crippen molar-refractivity contribution in [2.75, 3.05) is 0 Å². The number of rotatable bonds is 7. The molecule has 2 heterocycles. The van der Waals surface area contributed by atoms with Crippen LogP contribution in [0.4, 0.5) is 4.39 Å². The van der Waals surface area contributed by atoms with Crippen LogP contribution in [0.25, 0.3) is 0 Å². The zero-order valence-electron chi connectivity index (χ0n) is 13.4. The number of aromatic nitrogens is 1. The summed E-state index contributed by atoms with van der Waals surface area (Å²) in [7, 11) is -3.64. The molecule has 1 aromatic carbocycles. The van der Waals surface area contributed by atoms with Gasteiger partial charge >= 0.3 is 0 Å². The topological polar surface area (TPSA) is 50.3 Å². The first-order chi connectivity index (χ1) is 12.0. The Labute approximate surface area is 150 Å². The quantitative estimate of drug-likeness (QED) is 0.630. The van der Waals surface area contributed by atoms with Gasteiger partial charge in [0.05, 0.1) is 18.0 Å². The summed E-state index contributed by atoms with van der Waals surface area (Å²) in [5.41, 5.74) is 2.01. The zero-order valence-corrected chi connectivity index (χ0v) is 15.0. The molecule has 3 aromatic rings. The molecule has 0 saturated heterocycles. The summed E-state index contributed by atoms with van der Waals surface area (Å²) in [6.45, 7) is 0.437. The van der Waals surface area contributed by atoms with Crippen LogP contribution in [0.3, 0.4) is 0 Å². The van der Waals surface area contributed by atoms with Gasteiger partial charge in [0.15, 0.2) is 0 Å². The van der Waals surface area contributed by atoms with E-state index in [0.717, 1.165) is 5.56 Å². The van der Waals surface area contributed by atoms with E-state index in [1.54, 1.807) is 24.4 Å². The first-order valence-electron chi connectivity index (χ1n) is 7.66. The predicted octanol–water partition coefficient (Wildman–Crippen LogP) is 3.81. The zero-order chi connectivity index (χ0) is 17.7. The molecule has 25 heavy (non-hydrogen) atoms. The van der Waals surface area contributed by atoms with Gasteiger partial charge in [0.1, 0.15) is 5.82 Å². The van der Waals surface area contributed by atoms with E-state index in [4.69, 9.17) is 0 Å². The lowest BCUT2D eigenvalue weighted by Crippen LogP contribution is -2.31. The number of pyridine rings is 1. The van der Waals surface area contributed by atoms with Gasteiger partial charge in [0, 0.05) is 12.7 Å². The van der Waals surface area contributed by atoms with Crippen LogP contribution >= 0.6 is 11.3 Å². The Hall–Kier alpha value is -2.09. The first-order valence-corrected chi connectivity index (χ1v) is 10.2. The van der Waals surface area contributed by atoms with E-state index in [1.165, 1.54) is 33.8 Å². The number of benzene rings is 1. The lowest BCUT2D eigenvalue weighted by molar-refractivity contribution is 0.396. The van der Waals surface area contributed by atoms with Crippen LogP contribution in [-0.4, -0.2) is 17.7 Å². The van der Waals surface area contributed by atoms with Crippen LogP contribution in [0.1, 0.15) is 16.8 Å². The van der Waals surface area contributed by atoms with Crippen molar-refractivity contribution in [3.05, 3.63) is 88.1 Å². The average Bonchev–Trinajstić information content (AvgIpc) is 3.08. The minimum Gasteiger partial charge on any atom is -0.260 e. The summed E-state index contributed by atoms with van der Waals surface area (Å²) >= 11 is 1.52. The molecule has 3 rings (SSSR count). The second kappa shape index (κ2) is 7.86. The predicted molar refractivity (Wildman–Crippen MR) is 96.8 cm³/mol. The van der Waals surface area contributed by atoms with Crippen LogP contribution in [0, 0.1) is 5.82 Å². The normalized spacial score (nSPS) is 11.8. The molecule has 0 aliphatic carbocycles. The van der Waals surface area contributed by atoms with Crippen LogP contribution < -0.4 is 0 Å². The van der Waals surface area contributed by atoms with Crippen molar-refractivity contribution in [3.8, 4) is 0 Å². The highest BCUT2D eigenvalue weighted by Crippen LogP contribution is 2.19. The molecule has 0 saturated carbocycles. The monoisotopic (exact) mass is 376 g/mol. The fourth-order valence-corrected chi connectivity index (χ4v) is 4.56. The van der Waals surface area contributed by atoms with Crippen LogP contribution in [0.2, 0.25) is 0 Å². The van der Waals surface area contributed by atoms with Crippen molar-refractivity contribution < 1.29 is 12.8 Å². The minimum atomic E-state index is -3.64. The molecular formula is C18H17FN2O2S2. The van der Waals surface area contributed by atoms with Gasteiger partial charge in [-0.25, -0.2) is 12.8 Å².